The van der Waals surface area contributed by atoms with Crippen LogP contribution in [0, 0.1) is 12.8 Å². The van der Waals surface area contributed by atoms with Crippen LogP contribution in [-0.2, 0) is 0 Å². The summed E-state index contributed by atoms with van der Waals surface area (Å²) in [6.45, 7) is 7.15. The quantitative estimate of drug-likeness (QED) is 0.868. The minimum absolute atomic E-state index is 0.456. The van der Waals surface area contributed by atoms with Crippen molar-refractivity contribution in [2.24, 2.45) is 11.7 Å². The van der Waals surface area contributed by atoms with E-state index < -0.39 is 0 Å². The van der Waals surface area contributed by atoms with Crippen molar-refractivity contribution in [1.29, 1.82) is 0 Å². The monoisotopic (exact) mass is 223 g/mol. The van der Waals surface area contributed by atoms with Gasteiger partial charge in [-0.05, 0) is 12.8 Å². The third-order valence-electron chi connectivity index (χ3n) is 2.72. The molecule has 0 aromatic carbocycles. The number of imidazole rings is 1. The average molecular weight is 223 g/mol. The summed E-state index contributed by atoms with van der Waals surface area (Å²) in [7, 11) is 0. The molecule has 2 heterocycles. The zero-order valence-corrected chi connectivity index (χ0v) is 10.2. The van der Waals surface area contributed by atoms with E-state index in [2.05, 4.69) is 35.6 Å². The van der Waals surface area contributed by atoms with Gasteiger partial charge >= 0.3 is 0 Å². The van der Waals surface area contributed by atoms with E-state index in [1.54, 1.807) is 11.3 Å². The Bertz CT molecular complexity index is 424. The van der Waals surface area contributed by atoms with E-state index in [1.807, 2.05) is 6.92 Å². The molecule has 0 bridgehead atoms. The van der Waals surface area contributed by atoms with Crippen molar-refractivity contribution in [1.82, 2.24) is 9.38 Å². The SMILES string of the molecule is Cc1cn2cc(C(CN)C(C)C)sc2n1. The summed E-state index contributed by atoms with van der Waals surface area (Å²) >= 11 is 1.75. The summed E-state index contributed by atoms with van der Waals surface area (Å²) in [5.41, 5.74) is 6.87. The molecule has 0 fully saturated rings. The first kappa shape index (κ1) is 10.6. The van der Waals surface area contributed by atoms with Gasteiger partial charge in [0.25, 0.3) is 0 Å². The lowest BCUT2D eigenvalue weighted by Gasteiger charge is -2.16. The molecule has 2 N–H and O–H groups in total. The molecule has 82 valence electrons. The number of nitrogens with two attached hydrogens (primary N) is 1. The second kappa shape index (κ2) is 3.94. The van der Waals surface area contributed by atoms with Gasteiger partial charge in [-0.3, -0.25) is 4.40 Å². The van der Waals surface area contributed by atoms with Crippen LogP contribution in [0.4, 0.5) is 0 Å². The normalized spacial score (nSPS) is 13.9. The zero-order chi connectivity index (χ0) is 11.0. The summed E-state index contributed by atoms with van der Waals surface area (Å²) in [5, 5.41) is 0. The lowest BCUT2D eigenvalue weighted by Crippen LogP contribution is -2.16. The maximum atomic E-state index is 5.80. The predicted octanol–water partition coefficient (Wildman–Crippen LogP) is 2.40. The highest BCUT2D eigenvalue weighted by Gasteiger charge is 2.17. The molecule has 2 aromatic rings. The molecular weight excluding hydrogens is 206 g/mol. The molecule has 0 saturated heterocycles. The van der Waals surface area contributed by atoms with Gasteiger partial charge in [0.05, 0.1) is 5.69 Å². The summed E-state index contributed by atoms with van der Waals surface area (Å²) < 4.78 is 2.10. The Kier molecular flexibility index (Phi) is 2.80. The molecule has 4 heteroatoms. The van der Waals surface area contributed by atoms with Gasteiger partial charge in [0.15, 0.2) is 4.96 Å². The molecule has 3 nitrogen and oxygen atoms in total. The second-order valence-electron chi connectivity index (χ2n) is 4.29. The minimum Gasteiger partial charge on any atom is -0.330 e. The number of aromatic nitrogens is 2. The van der Waals surface area contributed by atoms with Crippen LogP contribution < -0.4 is 5.73 Å². The minimum atomic E-state index is 0.456. The van der Waals surface area contributed by atoms with E-state index in [1.165, 1.54) is 4.88 Å². The Balaban J connectivity index is 2.39. The molecule has 1 unspecified atom stereocenters. The summed E-state index contributed by atoms with van der Waals surface area (Å²) in [5.74, 6) is 1.04. The Morgan fingerprint density at radius 1 is 1.47 bits per heavy atom. The van der Waals surface area contributed by atoms with Crippen LogP contribution in [0.1, 0.15) is 30.3 Å². The van der Waals surface area contributed by atoms with Crippen LogP contribution in [0.2, 0.25) is 0 Å². The fourth-order valence-corrected chi connectivity index (χ4v) is 3.12. The largest absolute Gasteiger partial charge is 0.330 e. The standard InChI is InChI=1S/C11H17N3S/c1-7(2)9(4-12)10-6-14-5-8(3)13-11(14)15-10/h5-7,9H,4,12H2,1-3H3. The summed E-state index contributed by atoms with van der Waals surface area (Å²) in [6, 6.07) is 0. The van der Waals surface area contributed by atoms with Gasteiger partial charge in [0.2, 0.25) is 0 Å². The first-order valence-electron chi connectivity index (χ1n) is 5.27. The van der Waals surface area contributed by atoms with Gasteiger partial charge < -0.3 is 5.73 Å². The second-order valence-corrected chi connectivity index (χ2v) is 5.33. The lowest BCUT2D eigenvalue weighted by molar-refractivity contribution is 0.512. The summed E-state index contributed by atoms with van der Waals surface area (Å²) in [6.07, 6.45) is 4.22. The van der Waals surface area contributed by atoms with Crippen molar-refractivity contribution >= 4 is 16.3 Å². The van der Waals surface area contributed by atoms with Gasteiger partial charge in [-0.2, -0.15) is 0 Å². The smallest absolute Gasteiger partial charge is 0.194 e. The van der Waals surface area contributed by atoms with Gasteiger partial charge in [-0.25, -0.2) is 4.98 Å². The van der Waals surface area contributed by atoms with Gasteiger partial charge in [-0.15, -0.1) is 11.3 Å². The fraction of sp³-hybridized carbons (Fsp3) is 0.545. The van der Waals surface area contributed by atoms with Gasteiger partial charge in [0, 0.05) is 29.7 Å². The molecule has 0 amide bonds. The molecular formula is C11H17N3S. The third kappa shape index (κ3) is 1.92. The molecule has 0 aliphatic rings. The van der Waals surface area contributed by atoms with Gasteiger partial charge in [0.1, 0.15) is 0 Å². The third-order valence-corrected chi connectivity index (χ3v) is 3.85. The first-order valence-corrected chi connectivity index (χ1v) is 6.08. The van der Waals surface area contributed by atoms with E-state index in [0.29, 0.717) is 18.4 Å². The molecule has 2 aromatic heterocycles. The Labute approximate surface area is 93.9 Å². The van der Waals surface area contributed by atoms with E-state index in [9.17, 15) is 0 Å². The number of rotatable bonds is 3. The van der Waals surface area contributed by atoms with Crippen LogP contribution in [0.5, 0.6) is 0 Å². The Morgan fingerprint density at radius 3 is 2.73 bits per heavy atom. The maximum absolute atomic E-state index is 5.80. The van der Waals surface area contributed by atoms with Crippen LogP contribution in [0.25, 0.3) is 4.96 Å². The molecule has 0 radical (unpaired) electrons. The topological polar surface area (TPSA) is 43.3 Å². The summed E-state index contributed by atoms with van der Waals surface area (Å²) in [4.78, 5) is 6.86. The fourth-order valence-electron chi connectivity index (χ4n) is 1.82. The van der Waals surface area contributed by atoms with Crippen molar-refractivity contribution < 1.29 is 0 Å². The van der Waals surface area contributed by atoms with Crippen molar-refractivity contribution in [2.75, 3.05) is 6.54 Å². The van der Waals surface area contributed by atoms with Crippen LogP contribution in [0.3, 0.4) is 0 Å². The number of thiazole rings is 1. The van der Waals surface area contributed by atoms with Crippen molar-refractivity contribution in [3.8, 4) is 0 Å². The molecule has 0 saturated carbocycles. The number of hydrogen-bond acceptors (Lipinski definition) is 3. The van der Waals surface area contributed by atoms with E-state index in [0.717, 1.165) is 10.7 Å². The lowest BCUT2D eigenvalue weighted by atomic mass is 9.95. The van der Waals surface area contributed by atoms with Crippen molar-refractivity contribution in [2.45, 2.75) is 26.7 Å². The Morgan fingerprint density at radius 2 is 2.20 bits per heavy atom. The molecule has 15 heavy (non-hydrogen) atoms. The van der Waals surface area contributed by atoms with Crippen molar-refractivity contribution in [3.63, 3.8) is 0 Å². The van der Waals surface area contributed by atoms with Crippen LogP contribution >= 0.6 is 11.3 Å². The van der Waals surface area contributed by atoms with E-state index in [-0.39, 0.29) is 0 Å². The van der Waals surface area contributed by atoms with Crippen molar-refractivity contribution in [3.05, 3.63) is 23.0 Å². The predicted molar refractivity (Wildman–Crippen MR) is 64.4 cm³/mol. The molecule has 2 rings (SSSR count). The molecule has 1 atom stereocenters. The molecule has 0 aliphatic carbocycles. The van der Waals surface area contributed by atoms with Gasteiger partial charge in [-0.1, -0.05) is 13.8 Å². The highest BCUT2D eigenvalue weighted by Crippen LogP contribution is 2.29. The van der Waals surface area contributed by atoms with E-state index in [4.69, 9.17) is 5.73 Å². The van der Waals surface area contributed by atoms with E-state index >= 15 is 0 Å². The van der Waals surface area contributed by atoms with Crippen LogP contribution in [0.15, 0.2) is 12.4 Å². The first-order chi connectivity index (χ1) is 7.11. The highest BCUT2D eigenvalue weighted by molar-refractivity contribution is 7.17. The highest BCUT2D eigenvalue weighted by atomic mass is 32.1. The maximum Gasteiger partial charge on any atom is 0.194 e. The zero-order valence-electron chi connectivity index (χ0n) is 9.40. The molecule has 0 spiro atoms. The van der Waals surface area contributed by atoms with Crippen LogP contribution in [-0.4, -0.2) is 15.9 Å². The average Bonchev–Trinajstić information content (AvgIpc) is 2.61. The number of fused-ring (bicyclic) bond motifs is 1. The number of hydrogen-bond donors (Lipinski definition) is 1. The Hall–Kier alpha value is -0.870. The number of nitrogens with zero attached hydrogens (tertiary/aromatic N) is 2. The molecule has 0 aliphatic heterocycles. The number of aryl methyl sites for hydroxylation is 1.